The molecule has 0 aliphatic carbocycles. The van der Waals surface area contributed by atoms with E-state index in [0.29, 0.717) is 62.0 Å². The van der Waals surface area contributed by atoms with Gasteiger partial charge < -0.3 is 19.7 Å². The molecule has 2 amide bonds. The predicted octanol–water partition coefficient (Wildman–Crippen LogP) is 5.70. The molecule has 0 saturated carbocycles. The molecule has 3 atom stereocenters. The predicted molar refractivity (Wildman–Crippen MR) is 162 cm³/mol. The van der Waals surface area contributed by atoms with Gasteiger partial charge in [0.05, 0.1) is 15.6 Å². The first-order valence-corrected chi connectivity index (χ1v) is 15.5. The van der Waals surface area contributed by atoms with Crippen LogP contribution in [0.3, 0.4) is 0 Å². The first kappa shape index (κ1) is 31.7. The number of piperidine rings is 1. The second-order valence-corrected chi connectivity index (χ2v) is 13.2. The third-order valence-electron chi connectivity index (χ3n) is 9.21. The van der Waals surface area contributed by atoms with Crippen LogP contribution in [-0.4, -0.2) is 78.6 Å². The van der Waals surface area contributed by atoms with Gasteiger partial charge in [-0.05, 0) is 81.5 Å². The van der Waals surface area contributed by atoms with Crippen LogP contribution in [0.15, 0.2) is 42.5 Å². The van der Waals surface area contributed by atoms with Crippen LogP contribution >= 0.6 is 23.2 Å². The van der Waals surface area contributed by atoms with Crippen LogP contribution in [0.1, 0.15) is 51.0 Å². The number of halogens is 3. The van der Waals surface area contributed by atoms with Crippen LogP contribution in [0.25, 0.3) is 0 Å². The van der Waals surface area contributed by atoms with E-state index in [1.165, 1.54) is 29.2 Å². The number of likely N-dealkylation sites (N-methyl/N-ethyl adjacent to an activating group) is 1. The fourth-order valence-electron chi connectivity index (χ4n) is 6.85. The van der Waals surface area contributed by atoms with Gasteiger partial charge in [-0.1, -0.05) is 29.3 Å². The number of amides is 2. The normalized spacial score (nSPS) is 25.8. The number of ketones is 1. The third-order valence-corrected chi connectivity index (χ3v) is 9.95. The summed E-state index contributed by atoms with van der Waals surface area (Å²) in [6.07, 6.45) is 1.62. The molecule has 232 valence electrons. The van der Waals surface area contributed by atoms with Crippen LogP contribution in [0, 0.1) is 17.7 Å². The fraction of sp³-hybridized carbons (Fsp3) is 0.531. The first-order chi connectivity index (χ1) is 20.4. The van der Waals surface area contributed by atoms with Crippen LogP contribution < -0.4 is 10.1 Å². The lowest BCUT2D eigenvalue weighted by Crippen LogP contribution is -2.62. The summed E-state index contributed by atoms with van der Waals surface area (Å²) in [5, 5.41) is 4.07. The Balaban J connectivity index is 1.38. The summed E-state index contributed by atoms with van der Waals surface area (Å²) < 4.78 is 24.9. The minimum Gasteiger partial charge on any atom is -0.410 e. The highest BCUT2D eigenvalue weighted by Gasteiger charge is 2.56. The van der Waals surface area contributed by atoms with Gasteiger partial charge in [-0.15, -0.1) is 0 Å². The highest BCUT2D eigenvalue weighted by Crippen LogP contribution is 2.42. The van der Waals surface area contributed by atoms with E-state index >= 15 is 0 Å². The van der Waals surface area contributed by atoms with Crippen molar-refractivity contribution in [3.05, 3.63) is 63.9 Å². The maximum Gasteiger partial charge on any atom is 0.415 e. The monoisotopic (exact) mass is 633 g/mol. The Morgan fingerprint density at radius 1 is 1.02 bits per heavy atom. The molecule has 3 fully saturated rings. The van der Waals surface area contributed by atoms with Gasteiger partial charge in [-0.2, -0.15) is 0 Å². The summed E-state index contributed by atoms with van der Waals surface area (Å²) in [7, 11) is 1.56. The second kappa shape index (κ2) is 12.7. The molecular weight excluding hydrogens is 596 g/mol. The zero-order chi connectivity index (χ0) is 30.9. The minimum absolute atomic E-state index is 0.0900. The highest BCUT2D eigenvalue weighted by atomic mass is 35.5. The molecule has 2 aromatic carbocycles. The smallest absolute Gasteiger partial charge is 0.410 e. The molecule has 1 N–H and O–H groups in total. The average molecular weight is 635 g/mol. The van der Waals surface area contributed by atoms with E-state index < -0.39 is 23.4 Å². The zero-order valence-electron chi connectivity index (χ0n) is 24.7. The molecule has 0 aromatic heterocycles. The molecule has 8 nitrogen and oxygen atoms in total. The number of Topliss-reactive ketones (excluding diaryl/α,β-unsaturated/α-hetero) is 1. The molecule has 43 heavy (non-hydrogen) atoms. The molecule has 2 aromatic rings. The molecule has 5 rings (SSSR count). The van der Waals surface area contributed by atoms with Crippen LogP contribution in [0.5, 0.6) is 5.75 Å². The topological polar surface area (TPSA) is 88.2 Å². The Bertz CT molecular complexity index is 1370. The molecular formula is C32H38Cl2FN3O5. The van der Waals surface area contributed by atoms with Crippen molar-refractivity contribution in [2.75, 3.05) is 39.8 Å². The maximum absolute atomic E-state index is 14.6. The summed E-state index contributed by atoms with van der Waals surface area (Å²) in [5.41, 5.74) is -0.860. The van der Waals surface area contributed by atoms with E-state index in [1.807, 2.05) is 24.8 Å². The molecule has 0 bridgehead atoms. The van der Waals surface area contributed by atoms with Crippen molar-refractivity contribution < 1.29 is 28.2 Å². The van der Waals surface area contributed by atoms with Crippen molar-refractivity contribution in [1.29, 1.82) is 0 Å². The molecule has 1 unspecified atom stereocenters. The van der Waals surface area contributed by atoms with E-state index in [4.69, 9.17) is 32.7 Å². The van der Waals surface area contributed by atoms with Crippen molar-refractivity contribution in [1.82, 2.24) is 15.1 Å². The number of rotatable bonds is 6. The van der Waals surface area contributed by atoms with Gasteiger partial charge >= 0.3 is 6.09 Å². The number of hydrogen-bond donors (Lipinski definition) is 1. The molecule has 3 aliphatic rings. The summed E-state index contributed by atoms with van der Waals surface area (Å²) in [6.45, 7) is 6.15. The number of nitrogens with one attached hydrogen (secondary N) is 1. The lowest BCUT2D eigenvalue weighted by atomic mass is 9.72. The molecule has 3 heterocycles. The van der Waals surface area contributed by atoms with Gasteiger partial charge in [0.15, 0.2) is 5.78 Å². The third kappa shape index (κ3) is 6.55. The number of carbonyl (C=O) groups is 3. The van der Waals surface area contributed by atoms with Gasteiger partial charge in [0.1, 0.15) is 17.1 Å². The highest BCUT2D eigenvalue weighted by molar-refractivity contribution is 6.42. The summed E-state index contributed by atoms with van der Waals surface area (Å²) in [5.74, 6) is -1.16. The van der Waals surface area contributed by atoms with E-state index in [9.17, 15) is 18.8 Å². The number of likely N-dealkylation sites (tertiary alicyclic amines) is 1. The number of benzene rings is 2. The summed E-state index contributed by atoms with van der Waals surface area (Å²) in [4.78, 5) is 44.8. The largest absolute Gasteiger partial charge is 0.415 e. The van der Waals surface area contributed by atoms with E-state index in [0.717, 1.165) is 5.56 Å². The standard InChI is InChI=1S/C32H38Cl2FN3O5/c1-31(2)17-22(12-15-42-31)29(40)38-13-10-20(11-14-38)28(39)32(37(3)30(41)43-24-7-5-23(35)6-8-24)19-36-18-25(32)21-4-9-26(33)27(34)16-21/h4-9,16,20,22,25,36H,10-15,17-19H2,1-3H3/t22?,25-,32+/m0/s1. The average Bonchev–Trinajstić information content (AvgIpc) is 3.44. The molecule has 0 radical (unpaired) electrons. The number of hydrogen-bond acceptors (Lipinski definition) is 6. The van der Waals surface area contributed by atoms with Gasteiger partial charge in [0.2, 0.25) is 5.91 Å². The van der Waals surface area contributed by atoms with E-state index in [1.54, 1.807) is 19.2 Å². The van der Waals surface area contributed by atoms with Crippen LogP contribution in [-0.2, 0) is 14.3 Å². The number of carbonyl (C=O) groups excluding carboxylic acids is 3. The molecule has 0 spiro atoms. The lowest BCUT2D eigenvalue weighted by molar-refractivity contribution is -0.148. The van der Waals surface area contributed by atoms with Crippen molar-refractivity contribution in [3.8, 4) is 5.75 Å². The Hall–Kier alpha value is -2.72. The van der Waals surface area contributed by atoms with E-state index in [2.05, 4.69) is 5.32 Å². The summed E-state index contributed by atoms with van der Waals surface area (Å²) in [6, 6.07) is 10.4. The molecule has 3 aliphatic heterocycles. The van der Waals surface area contributed by atoms with Gasteiger partial charge in [-0.3, -0.25) is 14.5 Å². The number of nitrogens with zero attached hydrogens (tertiary/aromatic N) is 2. The van der Waals surface area contributed by atoms with Crippen LogP contribution in [0.4, 0.5) is 9.18 Å². The lowest BCUT2D eigenvalue weighted by Gasteiger charge is -2.44. The van der Waals surface area contributed by atoms with Gasteiger partial charge in [-0.25, -0.2) is 9.18 Å². The second-order valence-electron chi connectivity index (χ2n) is 12.4. The summed E-state index contributed by atoms with van der Waals surface area (Å²) >= 11 is 12.6. The minimum atomic E-state index is -1.30. The van der Waals surface area contributed by atoms with E-state index in [-0.39, 0.29) is 41.4 Å². The molecule has 3 saturated heterocycles. The zero-order valence-corrected chi connectivity index (χ0v) is 26.2. The SMILES string of the molecule is CN(C(=O)Oc1ccc(F)cc1)[C@]1(C(=O)C2CCN(C(=O)C3CCOC(C)(C)C3)CC2)CNC[C@H]1c1ccc(Cl)c(Cl)c1. The fourth-order valence-corrected chi connectivity index (χ4v) is 7.16. The van der Waals surface area contributed by atoms with Crippen molar-refractivity contribution in [2.24, 2.45) is 11.8 Å². The van der Waals surface area contributed by atoms with Crippen LogP contribution in [0.2, 0.25) is 10.0 Å². The Labute approximate surface area is 261 Å². The van der Waals surface area contributed by atoms with Gasteiger partial charge in [0, 0.05) is 57.6 Å². The Morgan fingerprint density at radius 2 is 1.72 bits per heavy atom. The molecule has 11 heteroatoms. The Kier molecular flexibility index (Phi) is 9.37. The van der Waals surface area contributed by atoms with Crippen molar-refractivity contribution in [2.45, 2.75) is 56.6 Å². The van der Waals surface area contributed by atoms with Crippen molar-refractivity contribution in [3.63, 3.8) is 0 Å². The van der Waals surface area contributed by atoms with Gasteiger partial charge in [0.25, 0.3) is 0 Å². The quantitative estimate of drug-likeness (QED) is 0.439. The maximum atomic E-state index is 14.6. The number of ether oxygens (including phenoxy) is 2. The Morgan fingerprint density at radius 3 is 2.37 bits per heavy atom. The first-order valence-electron chi connectivity index (χ1n) is 14.8. The van der Waals surface area contributed by atoms with Crippen molar-refractivity contribution >= 4 is 41.0 Å².